The Bertz CT molecular complexity index is 926. The highest BCUT2D eigenvalue weighted by molar-refractivity contribution is 7.89. The van der Waals surface area contributed by atoms with E-state index in [2.05, 4.69) is 0 Å². The third kappa shape index (κ3) is 5.08. The van der Waals surface area contributed by atoms with E-state index >= 15 is 0 Å². The normalized spacial score (nSPS) is 13.0. The minimum Gasteiger partial charge on any atom is -0.459 e. The second kappa shape index (κ2) is 7.80. The van der Waals surface area contributed by atoms with Crippen LogP contribution in [-0.2, 0) is 21.0 Å². The molecule has 3 N–H and O–H groups in total. The molecule has 0 radical (unpaired) electrons. The molecule has 12 heteroatoms. The van der Waals surface area contributed by atoms with Crippen molar-refractivity contribution in [3.05, 3.63) is 54.0 Å². The van der Waals surface area contributed by atoms with Crippen molar-refractivity contribution < 1.29 is 35.6 Å². The van der Waals surface area contributed by atoms with Crippen LogP contribution < -0.4 is 15.6 Å². The SMILES string of the molecule is CC(NS(=O)(=O)c1ccccc1C(F)(F)F)C(=O)NNC(=O)c1ccco1. The lowest BCUT2D eigenvalue weighted by atomic mass is 10.2. The fraction of sp³-hybridized carbons (Fsp3) is 0.200. The zero-order valence-electron chi connectivity index (χ0n) is 13.7. The maximum atomic E-state index is 13.0. The lowest BCUT2D eigenvalue weighted by Crippen LogP contribution is -2.51. The van der Waals surface area contributed by atoms with Crippen molar-refractivity contribution in [2.24, 2.45) is 0 Å². The van der Waals surface area contributed by atoms with Crippen molar-refractivity contribution in [1.29, 1.82) is 0 Å². The molecule has 146 valence electrons. The number of sulfonamides is 1. The number of benzene rings is 1. The van der Waals surface area contributed by atoms with E-state index in [0.717, 1.165) is 25.1 Å². The number of halogens is 3. The lowest BCUT2D eigenvalue weighted by Gasteiger charge is -2.17. The van der Waals surface area contributed by atoms with Crippen molar-refractivity contribution in [3.8, 4) is 0 Å². The molecule has 1 unspecified atom stereocenters. The van der Waals surface area contributed by atoms with Gasteiger partial charge in [0.25, 0.3) is 5.91 Å². The zero-order chi connectivity index (χ0) is 20.2. The van der Waals surface area contributed by atoms with Crippen molar-refractivity contribution >= 4 is 21.8 Å². The van der Waals surface area contributed by atoms with E-state index in [4.69, 9.17) is 4.42 Å². The molecule has 0 spiro atoms. The Morgan fingerprint density at radius 3 is 2.33 bits per heavy atom. The van der Waals surface area contributed by atoms with Gasteiger partial charge in [-0.1, -0.05) is 12.1 Å². The number of hydrogen-bond donors (Lipinski definition) is 3. The Hall–Kier alpha value is -2.86. The average molecular weight is 405 g/mol. The average Bonchev–Trinajstić information content (AvgIpc) is 3.13. The Balaban J connectivity index is 2.07. The van der Waals surface area contributed by atoms with E-state index in [9.17, 15) is 31.2 Å². The summed E-state index contributed by atoms with van der Waals surface area (Å²) in [5.41, 5.74) is 2.56. The van der Waals surface area contributed by atoms with Gasteiger partial charge in [0, 0.05) is 0 Å². The molecule has 0 aliphatic rings. The van der Waals surface area contributed by atoms with Gasteiger partial charge in [-0.2, -0.15) is 17.9 Å². The molecule has 0 bridgehead atoms. The van der Waals surface area contributed by atoms with Crippen LogP contribution in [0.15, 0.2) is 52.0 Å². The molecule has 1 atom stereocenters. The van der Waals surface area contributed by atoms with E-state index in [-0.39, 0.29) is 5.76 Å². The maximum absolute atomic E-state index is 13.0. The maximum Gasteiger partial charge on any atom is 0.417 e. The quantitative estimate of drug-likeness (QED) is 0.651. The van der Waals surface area contributed by atoms with Gasteiger partial charge in [0.15, 0.2) is 5.76 Å². The van der Waals surface area contributed by atoms with Gasteiger partial charge in [0.05, 0.1) is 22.8 Å². The molecular formula is C15H14F3N3O5S. The van der Waals surface area contributed by atoms with Crippen LogP contribution in [0.1, 0.15) is 23.0 Å². The van der Waals surface area contributed by atoms with Crippen molar-refractivity contribution in [3.63, 3.8) is 0 Å². The molecule has 0 aliphatic heterocycles. The first-order chi connectivity index (χ1) is 12.5. The number of furan rings is 1. The van der Waals surface area contributed by atoms with E-state index in [1.807, 2.05) is 15.6 Å². The summed E-state index contributed by atoms with van der Waals surface area (Å²) >= 11 is 0. The molecule has 2 aromatic rings. The van der Waals surface area contributed by atoms with Gasteiger partial charge in [-0.15, -0.1) is 0 Å². The lowest BCUT2D eigenvalue weighted by molar-refractivity contribution is -0.139. The second-order valence-electron chi connectivity index (χ2n) is 5.26. The molecule has 1 aromatic heterocycles. The van der Waals surface area contributed by atoms with E-state index in [1.54, 1.807) is 0 Å². The fourth-order valence-electron chi connectivity index (χ4n) is 1.98. The van der Waals surface area contributed by atoms with Crippen molar-refractivity contribution in [2.45, 2.75) is 24.0 Å². The third-order valence-electron chi connectivity index (χ3n) is 3.25. The van der Waals surface area contributed by atoms with Gasteiger partial charge in [-0.05, 0) is 31.2 Å². The first-order valence-electron chi connectivity index (χ1n) is 7.34. The predicted molar refractivity (Wildman–Crippen MR) is 85.5 cm³/mol. The largest absolute Gasteiger partial charge is 0.459 e. The Labute approximate surface area is 151 Å². The molecule has 0 aliphatic carbocycles. The Morgan fingerprint density at radius 2 is 1.74 bits per heavy atom. The van der Waals surface area contributed by atoms with Crippen LogP contribution in [-0.4, -0.2) is 26.3 Å². The van der Waals surface area contributed by atoms with Gasteiger partial charge >= 0.3 is 12.1 Å². The van der Waals surface area contributed by atoms with Crippen LogP contribution in [0.2, 0.25) is 0 Å². The van der Waals surface area contributed by atoms with Crippen LogP contribution >= 0.6 is 0 Å². The zero-order valence-corrected chi connectivity index (χ0v) is 14.5. The van der Waals surface area contributed by atoms with Gasteiger partial charge in [-0.25, -0.2) is 8.42 Å². The smallest absolute Gasteiger partial charge is 0.417 e. The van der Waals surface area contributed by atoms with Gasteiger partial charge in [0.1, 0.15) is 0 Å². The standard InChI is InChI=1S/C15H14F3N3O5S/c1-9(13(22)19-20-14(23)11-6-4-8-26-11)21-27(24,25)12-7-3-2-5-10(12)15(16,17)18/h2-9,21H,1H3,(H,19,22)(H,20,23). The summed E-state index contributed by atoms with van der Waals surface area (Å²) in [6.45, 7) is 1.10. The fourth-order valence-corrected chi connectivity index (χ4v) is 3.41. The summed E-state index contributed by atoms with van der Waals surface area (Å²) in [7, 11) is -4.66. The number of alkyl halides is 3. The molecular weight excluding hydrogens is 391 g/mol. The second-order valence-corrected chi connectivity index (χ2v) is 6.94. The first kappa shape index (κ1) is 20.5. The summed E-state index contributed by atoms with van der Waals surface area (Å²) < 4.78 is 70.1. The minimum atomic E-state index is -4.89. The molecule has 2 amide bonds. The molecule has 8 nitrogen and oxygen atoms in total. The Kier molecular flexibility index (Phi) is 5.91. The minimum absolute atomic E-state index is 0.109. The molecule has 27 heavy (non-hydrogen) atoms. The first-order valence-corrected chi connectivity index (χ1v) is 8.83. The molecule has 0 saturated carbocycles. The molecule has 0 saturated heterocycles. The number of hydrazine groups is 1. The third-order valence-corrected chi connectivity index (χ3v) is 4.85. The van der Waals surface area contributed by atoms with E-state index < -0.39 is 44.5 Å². The summed E-state index contributed by atoms with van der Waals surface area (Å²) in [5, 5.41) is 0. The number of hydrogen-bond acceptors (Lipinski definition) is 5. The topological polar surface area (TPSA) is 118 Å². The van der Waals surface area contributed by atoms with E-state index in [1.165, 1.54) is 18.4 Å². The number of amides is 2. The van der Waals surface area contributed by atoms with E-state index in [0.29, 0.717) is 6.07 Å². The summed E-state index contributed by atoms with van der Waals surface area (Å²) in [4.78, 5) is 22.5. The van der Waals surface area contributed by atoms with Crippen LogP contribution in [0.4, 0.5) is 13.2 Å². The van der Waals surface area contributed by atoms with Crippen molar-refractivity contribution in [1.82, 2.24) is 15.6 Å². The number of carbonyl (C=O) groups is 2. The predicted octanol–water partition coefficient (Wildman–Crippen LogP) is 1.43. The van der Waals surface area contributed by atoms with Crippen LogP contribution in [0.5, 0.6) is 0 Å². The highest BCUT2D eigenvalue weighted by atomic mass is 32.2. The van der Waals surface area contributed by atoms with Gasteiger partial charge in [0.2, 0.25) is 10.0 Å². The van der Waals surface area contributed by atoms with Crippen LogP contribution in [0.3, 0.4) is 0 Å². The molecule has 0 fully saturated rings. The molecule has 1 aromatic carbocycles. The summed E-state index contributed by atoms with van der Waals surface area (Å²) in [5.74, 6) is -1.91. The van der Waals surface area contributed by atoms with Crippen molar-refractivity contribution in [2.75, 3.05) is 0 Å². The van der Waals surface area contributed by atoms with Crippen LogP contribution in [0, 0.1) is 0 Å². The number of carbonyl (C=O) groups excluding carboxylic acids is 2. The van der Waals surface area contributed by atoms with Crippen LogP contribution in [0.25, 0.3) is 0 Å². The highest BCUT2D eigenvalue weighted by Gasteiger charge is 2.37. The summed E-state index contributed by atoms with van der Waals surface area (Å²) in [6, 6.07) is 4.83. The van der Waals surface area contributed by atoms with Gasteiger partial charge < -0.3 is 4.42 Å². The Morgan fingerprint density at radius 1 is 1.07 bits per heavy atom. The summed E-state index contributed by atoms with van der Waals surface area (Å²) in [6.07, 6.45) is -3.67. The highest BCUT2D eigenvalue weighted by Crippen LogP contribution is 2.33. The molecule has 1 heterocycles. The molecule has 2 rings (SSSR count). The number of rotatable bonds is 5. The van der Waals surface area contributed by atoms with Gasteiger partial charge in [-0.3, -0.25) is 20.4 Å². The monoisotopic (exact) mass is 405 g/mol. The number of nitrogens with one attached hydrogen (secondary N) is 3.